The topological polar surface area (TPSA) is 110 Å². The van der Waals surface area contributed by atoms with Crippen LogP contribution in [0.1, 0.15) is 24.8 Å². The number of primary amides is 1. The van der Waals surface area contributed by atoms with Crippen molar-refractivity contribution >= 4 is 34.4 Å². The van der Waals surface area contributed by atoms with E-state index in [0.717, 1.165) is 41.8 Å². The highest BCUT2D eigenvalue weighted by Crippen LogP contribution is 2.49. The van der Waals surface area contributed by atoms with Gasteiger partial charge >= 0.3 is 5.95 Å². The van der Waals surface area contributed by atoms with Crippen molar-refractivity contribution in [3.8, 4) is 0 Å². The van der Waals surface area contributed by atoms with Gasteiger partial charge < -0.3 is 16.0 Å². The molecule has 2 heterocycles. The molecule has 0 aliphatic heterocycles. The van der Waals surface area contributed by atoms with E-state index in [1.807, 2.05) is 24.4 Å². The molecule has 7 nitrogen and oxygen atoms in total. The molecule has 2 fully saturated rings. The summed E-state index contributed by atoms with van der Waals surface area (Å²) in [5.41, 5.74) is 8.68. The Kier molecular flexibility index (Phi) is 3.96. The lowest BCUT2D eigenvalue weighted by Gasteiger charge is -2.28. The summed E-state index contributed by atoms with van der Waals surface area (Å²) < 4.78 is 0. The van der Waals surface area contributed by atoms with Gasteiger partial charge in [-0.15, -0.1) is 0 Å². The van der Waals surface area contributed by atoms with Crippen LogP contribution < -0.4 is 21.4 Å². The van der Waals surface area contributed by atoms with Gasteiger partial charge in [0.05, 0.1) is 23.0 Å². The molecule has 1 aromatic carbocycles. The second-order valence-corrected chi connectivity index (χ2v) is 8.13. The van der Waals surface area contributed by atoms with Gasteiger partial charge in [-0.2, -0.15) is 0 Å². The molecule has 7 heteroatoms. The normalized spacial score (nSPS) is 25.9. The van der Waals surface area contributed by atoms with Crippen LogP contribution in [0.15, 0.2) is 36.5 Å². The number of fused-ring (bicyclic) bond motifs is 3. The molecule has 2 aliphatic rings. The summed E-state index contributed by atoms with van der Waals surface area (Å²) in [6, 6.07) is 10.2. The molecular weight excluding hydrogens is 352 g/mol. The zero-order valence-corrected chi connectivity index (χ0v) is 15.8. The highest BCUT2D eigenvalue weighted by atomic mass is 16.1. The number of carbonyl (C=O) groups excluding carboxylic acids is 1. The summed E-state index contributed by atoms with van der Waals surface area (Å²) in [5, 5.41) is 7.93. The fourth-order valence-electron chi connectivity index (χ4n) is 5.09. The van der Waals surface area contributed by atoms with Crippen LogP contribution in [0.25, 0.3) is 11.0 Å². The molecule has 6 N–H and O–H groups in total. The summed E-state index contributed by atoms with van der Waals surface area (Å²) in [7, 11) is 0. The fraction of sp³-hybridized carbons (Fsp3) is 0.381. The summed E-state index contributed by atoms with van der Waals surface area (Å²) >= 11 is 0. The third-order valence-corrected chi connectivity index (χ3v) is 6.30. The molecule has 0 radical (unpaired) electrons. The van der Waals surface area contributed by atoms with Crippen molar-refractivity contribution in [3.05, 3.63) is 42.1 Å². The lowest BCUT2D eigenvalue weighted by molar-refractivity contribution is -0.346. The second kappa shape index (κ2) is 6.51. The number of carbonyl (C=O) groups is 1. The van der Waals surface area contributed by atoms with Crippen molar-refractivity contribution in [3.63, 3.8) is 0 Å². The zero-order chi connectivity index (χ0) is 19.3. The van der Waals surface area contributed by atoms with E-state index < -0.39 is 0 Å². The monoisotopic (exact) mass is 377 g/mol. The summed E-state index contributed by atoms with van der Waals surface area (Å²) in [5.74, 6) is 2.11. The number of aromatic nitrogens is 3. The van der Waals surface area contributed by atoms with Crippen molar-refractivity contribution in [2.75, 3.05) is 10.6 Å². The van der Waals surface area contributed by atoms with Gasteiger partial charge in [0.1, 0.15) is 0 Å². The van der Waals surface area contributed by atoms with Crippen LogP contribution in [0.5, 0.6) is 0 Å². The number of aryl methyl sites for hydroxylation is 1. The van der Waals surface area contributed by atoms with E-state index in [2.05, 4.69) is 44.6 Å². The molecule has 28 heavy (non-hydrogen) atoms. The molecule has 2 saturated carbocycles. The summed E-state index contributed by atoms with van der Waals surface area (Å²) in [4.78, 5) is 23.3. The van der Waals surface area contributed by atoms with Crippen molar-refractivity contribution in [1.29, 1.82) is 0 Å². The number of nitrogens with zero attached hydrogens (tertiary/aromatic N) is 1. The molecule has 3 aromatic rings. The molecule has 4 atom stereocenters. The lowest BCUT2D eigenvalue weighted by Crippen LogP contribution is -2.43. The van der Waals surface area contributed by atoms with Crippen LogP contribution in [0.4, 0.5) is 17.5 Å². The summed E-state index contributed by atoms with van der Waals surface area (Å²) in [6.45, 7) is 2.06. The Labute approximate surface area is 163 Å². The van der Waals surface area contributed by atoms with E-state index >= 15 is 0 Å². The smallest absolute Gasteiger partial charge is 0.351 e. The van der Waals surface area contributed by atoms with E-state index in [0.29, 0.717) is 17.8 Å². The quantitative estimate of drug-likeness (QED) is 0.548. The van der Waals surface area contributed by atoms with Crippen LogP contribution in [-0.4, -0.2) is 21.9 Å². The van der Waals surface area contributed by atoms with E-state index in [-0.39, 0.29) is 17.9 Å². The molecular formula is C21H25N6O+. The van der Waals surface area contributed by atoms with Gasteiger partial charge in [0.15, 0.2) is 0 Å². The van der Waals surface area contributed by atoms with Crippen LogP contribution in [0, 0.1) is 24.7 Å². The number of benzene rings is 1. The number of aromatic amines is 2. The van der Waals surface area contributed by atoms with Crippen molar-refractivity contribution < 1.29 is 9.78 Å². The Morgan fingerprint density at radius 1 is 1.29 bits per heavy atom. The Morgan fingerprint density at radius 3 is 2.96 bits per heavy atom. The van der Waals surface area contributed by atoms with Crippen LogP contribution >= 0.6 is 0 Å². The molecule has 2 aromatic heterocycles. The second-order valence-electron chi connectivity index (χ2n) is 8.13. The first kappa shape index (κ1) is 17.0. The Bertz CT molecular complexity index is 1040. The van der Waals surface area contributed by atoms with E-state index in [9.17, 15) is 4.79 Å². The minimum atomic E-state index is -0.192. The standard InChI is InChI=1S/C21H24N6O/c1-11-3-2-4-14(9-11)24-21-26-19-15(7-8-23-19)20(27-21)25-17-13-6-5-12(10-13)16(17)18(22)28/h2-4,7-9,12-13,16-17H,5-6,10H2,1H3,(H2,22,28)(H3,23,24,25,26,27)/p+1. The van der Waals surface area contributed by atoms with Gasteiger partial charge in [0, 0.05) is 6.20 Å². The molecule has 144 valence electrons. The number of H-pyrrole nitrogens is 2. The Hall–Kier alpha value is -3.09. The Balaban J connectivity index is 1.48. The molecule has 2 aliphatic carbocycles. The van der Waals surface area contributed by atoms with Gasteiger partial charge in [0.25, 0.3) is 0 Å². The minimum absolute atomic E-state index is 0.0693. The van der Waals surface area contributed by atoms with E-state index in [4.69, 9.17) is 5.73 Å². The van der Waals surface area contributed by atoms with E-state index in [1.54, 1.807) is 0 Å². The number of amides is 1. The van der Waals surface area contributed by atoms with Crippen LogP contribution in [-0.2, 0) is 4.79 Å². The van der Waals surface area contributed by atoms with Crippen LogP contribution in [0.2, 0.25) is 0 Å². The molecule has 0 saturated heterocycles. The number of hydrogen-bond donors (Lipinski definition) is 4. The fourth-order valence-corrected chi connectivity index (χ4v) is 5.09. The van der Waals surface area contributed by atoms with Crippen molar-refractivity contribution in [2.45, 2.75) is 32.2 Å². The van der Waals surface area contributed by atoms with Crippen LogP contribution in [0.3, 0.4) is 0 Å². The molecule has 4 unspecified atom stereocenters. The first-order valence-electron chi connectivity index (χ1n) is 9.88. The maximum absolute atomic E-state index is 12.1. The highest BCUT2D eigenvalue weighted by molar-refractivity contribution is 5.87. The van der Waals surface area contributed by atoms with Gasteiger partial charge in [-0.1, -0.05) is 17.1 Å². The lowest BCUT2D eigenvalue weighted by atomic mass is 9.84. The number of nitrogens with two attached hydrogens (primary N) is 1. The number of hydrogen-bond acceptors (Lipinski definition) is 4. The maximum atomic E-state index is 12.1. The SMILES string of the molecule is Cc1cccc(Nc2nc3[nH]ccc3c(NC3C4CCC(C4)C3C(N)=O)[nH+]2)c1. The van der Waals surface area contributed by atoms with Crippen molar-refractivity contribution in [2.24, 2.45) is 23.5 Å². The zero-order valence-electron chi connectivity index (χ0n) is 15.8. The number of rotatable bonds is 5. The average Bonchev–Trinajstić information content (AvgIpc) is 3.37. The summed E-state index contributed by atoms with van der Waals surface area (Å²) in [6.07, 6.45) is 5.22. The molecule has 0 spiro atoms. The largest absolute Gasteiger partial charge is 0.369 e. The Morgan fingerprint density at radius 2 is 2.14 bits per heavy atom. The van der Waals surface area contributed by atoms with Gasteiger partial charge in [-0.25, -0.2) is 4.98 Å². The minimum Gasteiger partial charge on any atom is -0.369 e. The maximum Gasteiger partial charge on any atom is 0.351 e. The predicted molar refractivity (Wildman–Crippen MR) is 108 cm³/mol. The predicted octanol–water partition coefficient (Wildman–Crippen LogP) is 2.74. The third kappa shape index (κ3) is 2.87. The molecule has 5 rings (SSSR count). The van der Waals surface area contributed by atoms with Gasteiger partial charge in [-0.3, -0.25) is 10.1 Å². The van der Waals surface area contributed by atoms with Gasteiger partial charge in [-0.05, 0) is 61.8 Å². The first-order valence-corrected chi connectivity index (χ1v) is 9.88. The first-order chi connectivity index (χ1) is 13.6. The van der Waals surface area contributed by atoms with Crippen molar-refractivity contribution in [1.82, 2.24) is 9.97 Å². The highest BCUT2D eigenvalue weighted by Gasteiger charge is 2.51. The molecule has 2 bridgehead atoms. The molecule has 1 amide bonds. The number of nitrogens with one attached hydrogen (secondary N) is 4. The van der Waals surface area contributed by atoms with Gasteiger partial charge in [0.2, 0.25) is 17.4 Å². The third-order valence-electron chi connectivity index (χ3n) is 6.30. The average molecular weight is 377 g/mol. The number of anilines is 3. The van der Waals surface area contributed by atoms with E-state index in [1.165, 1.54) is 5.56 Å².